The molecule has 2 rings (SSSR count). The molecule has 0 fully saturated rings. The van der Waals surface area contributed by atoms with Crippen molar-refractivity contribution < 1.29 is 4.39 Å². The van der Waals surface area contributed by atoms with Crippen LogP contribution in [0.2, 0.25) is 0 Å². The maximum absolute atomic E-state index is 13.4. The highest BCUT2D eigenvalue weighted by atomic mass is 79.9. The molecule has 2 aromatic carbocycles. The lowest BCUT2D eigenvalue weighted by Crippen LogP contribution is -2.11. The third kappa shape index (κ3) is 4.07. The van der Waals surface area contributed by atoms with Crippen LogP contribution in [0.1, 0.15) is 37.5 Å². The van der Waals surface area contributed by atoms with E-state index in [9.17, 15) is 4.39 Å². The van der Waals surface area contributed by atoms with Crippen molar-refractivity contribution in [2.45, 2.75) is 39.7 Å². The van der Waals surface area contributed by atoms with Crippen molar-refractivity contribution in [2.75, 3.05) is 5.32 Å². The molecule has 0 aromatic heterocycles. The van der Waals surface area contributed by atoms with Crippen LogP contribution in [-0.4, -0.2) is 0 Å². The summed E-state index contributed by atoms with van der Waals surface area (Å²) in [6.45, 7) is 9.25. The number of hydrogen-bond acceptors (Lipinski definition) is 1. The highest BCUT2D eigenvalue weighted by Gasteiger charge is 2.12. The number of hydrogen-bond donors (Lipinski definition) is 1. The van der Waals surface area contributed by atoms with Gasteiger partial charge in [-0.05, 0) is 57.1 Å². The zero-order valence-electron chi connectivity index (χ0n) is 12.9. The molecule has 1 N–H and O–H groups in total. The van der Waals surface area contributed by atoms with E-state index in [2.05, 4.69) is 66.3 Å². The van der Waals surface area contributed by atoms with E-state index in [4.69, 9.17) is 0 Å². The summed E-state index contributed by atoms with van der Waals surface area (Å²) >= 11 is 3.22. The molecule has 0 amide bonds. The lowest BCUT2D eigenvalue weighted by Gasteiger charge is -2.19. The molecule has 0 bridgehead atoms. The molecule has 0 saturated carbocycles. The van der Waals surface area contributed by atoms with Crippen molar-refractivity contribution in [1.29, 1.82) is 0 Å². The first-order valence-corrected chi connectivity index (χ1v) is 7.85. The van der Waals surface area contributed by atoms with E-state index < -0.39 is 0 Å². The SMILES string of the molecule is Cc1cc(F)c(Br)cc1NCc1ccc(C(C)(C)C)cc1. The molecule has 1 nitrogen and oxygen atoms in total. The molecule has 0 saturated heterocycles. The van der Waals surface area contributed by atoms with Gasteiger partial charge in [-0.2, -0.15) is 0 Å². The molecule has 0 spiro atoms. The van der Waals surface area contributed by atoms with Gasteiger partial charge in [0, 0.05) is 12.2 Å². The number of anilines is 1. The van der Waals surface area contributed by atoms with E-state index in [0.717, 1.165) is 17.8 Å². The van der Waals surface area contributed by atoms with Crippen LogP contribution in [0, 0.1) is 12.7 Å². The van der Waals surface area contributed by atoms with E-state index in [1.807, 2.05) is 6.92 Å². The number of rotatable bonds is 3. The van der Waals surface area contributed by atoms with Crippen LogP contribution in [0.4, 0.5) is 10.1 Å². The van der Waals surface area contributed by atoms with Gasteiger partial charge in [0.15, 0.2) is 0 Å². The van der Waals surface area contributed by atoms with Crippen molar-refractivity contribution in [3.8, 4) is 0 Å². The van der Waals surface area contributed by atoms with Crippen LogP contribution in [-0.2, 0) is 12.0 Å². The maximum Gasteiger partial charge on any atom is 0.137 e. The van der Waals surface area contributed by atoms with Crippen molar-refractivity contribution in [3.05, 3.63) is 63.4 Å². The molecule has 21 heavy (non-hydrogen) atoms. The topological polar surface area (TPSA) is 12.0 Å². The second-order valence-electron chi connectivity index (χ2n) is 6.38. The highest BCUT2D eigenvalue weighted by Crippen LogP contribution is 2.25. The molecule has 0 aliphatic heterocycles. The van der Waals surface area contributed by atoms with Crippen molar-refractivity contribution >= 4 is 21.6 Å². The van der Waals surface area contributed by atoms with Crippen LogP contribution < -0.4 is 5.32 Å². The fourth-order valence-corrected chi connectivity index (χ4v) is 2.50. The molecule has 112 valence electrons. The average molecular weight is 350 g/mol. The molecule has 0 atom stereocenters. The number of nitrogens with one attached hydrogen (secondary N) is 1. The second-order valence-corrected chi connectivity index (χ2v) is 7.24. The summed E-state index contributed by atoms with van der Waals surface area (Å²) in [4.78, 5) is 0. The lowest BCUT2D eigenvalue weighted by molar-refractivity contribution is 0.590. The number of aryl methyl sites for hydroxylation is 1. The molecule has 0 unspecified atom stereocenters. The summed E-state index contributed by atoms with van der Waals surface area (Å²) in [6.07, 6.45) is 0. The van der Waals surface area contributed by atoms with Crippen molar-refractivity contribution in [1.82, 2.24) is 0 Å². The predicted molar refractivity (Wildman–Crippen MR) is 91.3 cm³/mol. The highest BCUT2D eigenvalue weighted by molar-refractivity contribution is 9.10. The standard InChI is InChI=1S/C18H21BrFN/c1-12-9-16(20)15(19)10-17(12)21-11-13-5-7-14(8-6-13)18(2,3)4/h5-10,21H,11H2,1-4H3. The Hall–Kier alpha value is -1.35. The lowest BCUT2D eigenvalue weighted by atomic mass is 9.87. The van der Waals surface area contributed by atoms with Gasteiger partial charge in [-0.1, -0.05) is 45.0 Å². The third-order valence-electron chi connectivity index (χ3n) is 3.57. The van der Waals surface area contributed by atoms with Crippen LogP contribution in [0.5, 0.6) is 0 Å². The van der Waals surface area contributed by atoms with E-state index in [0.29, 0.717) is 4.47 Å². The van der Waals surface area contributed by atoms with Gasteiger partial charge in [0.05, 0.1) is 4.47 Å². The molecule has 0 heterocycles. The first-order chi connectivity index (χ1) is 9.77. The minimum absolute atomic E-state index is 0.171. The summed E-state index contributed by atoms with van der Waals surface area (Å²) in [6, 6.07) is 11.9. The smallest absolute Gasteiger partial charge is 0.137 e. The average Bonchev–Trinajstić information content (AvgIpc) is 2.41. The van der Waals surface area contributed by atoms with E-state index in [1.165, 1.54) is 17.2 Å². The fraction of sp³-hybridized carbons (Fsp3) is 0.333. The first kappa shape index (κ1) is 16.0. The Labute approximate surface area is 134 Å². The summed E-state index contributed by atoms with van der Waals surface area (Å²) in [5.41, 5.74) is 4.56. The van der Waals surface area contributed by atoms with Gasteiger partial charge >= 0.3 is 0 Å². The van der Waals surface area contributed by atoms with Crippen LogP contribution in [0.25, 0.3) is 0 Å². The number of halogens is 2. The fourth-order valence-electron chi connectivity index (χ4n) is 2.16. The van der Waals surface area contributed by atoms with Crippen molar-refractivity contribution in [2.24, 2.45) is 0 Å². The Morgan fingerprint density at radius 2 is 1.71 bits per heavy atom. The molecular weight excluding hydrogens is 329 g/mol. The first-order valence-electron chi connectivity index (χ1n) is 7.06. The van der Waals surface area contributed by atoms with Crippen molar-refractivity contribution in [3.63, 3.8) is 0 Å². The monoisotopic (exact) mass is 349 g/mol. The largest absolute Gasteiger partial charge is 0.381 e. The summed E-state index contributed by atoms with van der Waals surface area (Å²) in [7, 11) is 0. The van der Waals surface area contributed by atoms with Gasteiger partial charge in [0.2, 0.25) is 0 Å². The van der Waals surface area contributed by atoms with Gasteiger partial charge < -0.3 is 5.32 Å². The minimum Gasteiger partial charge on any atom is -0.381 e. The Balaban J connectivity index is 2.08. The maximum atomic E-state index is 13.4. The molecule has 3 heteroatoms. The third-order valence-corrected chi connectivity index (χ3v) is 4.18. The van der Waals surface area contributed by atoms with Gasteiger partial charge in [0.25, 0.3) is 0 Å². The summed E-state index contributed by atoms with van der Waals surface area (Å²) in [5, 5.41) is 3.36. The van der Waals surface area contributed by atoms with Gasteiger partial charge in [-0.15, -0.1) is 0 Å². The Bertz CT molecular complexity index is 627. The van der Waals surface area contributed by atoms with Crippen LogP contribution in [0.15, 0.2) is 40.9 Å². The van der Waals surface area contributed by atoms with Gasteiger partial charge in [-0.3, -0.25) is 0 Å². The number of benzene rings is 2. The molecule has 0 radical (unpaired) electrons. The van der Waals surface area contributed by atoms with Crippen LogP contribution in [0.3, 0.4) is 0 Å². The normalized spacial score (nSPS) is 11.5. The van der Waals surface area contributed by atoms with E-state index in [-0.39, 0.29) is 11.2 Å². The summed E-state index contributed by atoms with van der Waals surface area (Å²) in [5.74, 6) is -0.229. The van der Waals surface area contributed by atoms with E-state index >= 15 is 0 Å². The minimum atomic E-state index is -0.229. The predicted octanol–water partition coefficient (Wildman–Crippen LogP) is 5.81. The van der Waals surface area contributed by atoms with Gasteiger partial charge in [0.1, 0.15) is 5.82 Å². The zero-order valence-corrected chi connectivity index (χ0v) is 14.5. The Morgan fingerprint density at radius 1 is 1.10 bits per heavy atom. The quantitative estimate of drug-likeness (QED) is 0.737. The van der Waals surface area contributed by atoms with Gasteiger partial charge in [-0.25, -0.2) is 4.39 Å². The Morgan fingerprint density at radius 3 is 2.29 bits per heavy atom. The molecule has 2 aromatic rings. The Kier molecular flexibility index (Phi) is 4.72. The molecule has 0 aliphatic rings. The molecular formula is C18H21BrFN. The zero-order chi connectivity index (χ0) is 15.6. The van der Waals surface area contributed by atoms with Crippen LogP contribution >= 0.6 is 15.9 Å². The molecule has 0 aliphatic carbocycles. The second kappa shape index (κ2) is 6.18. The summed E-state index contributed by atoms with van der Waals surface area (Å²) < 4.78 is 13.9. The van der Waals surface area contributed by atoms with E-state index in [1.54, 1.807) is 6.07 Å².